The van der Waals surface area contributed by atoms with E-state index < -0.39 is 0 Å². The first-order valence-electron chi connectivity index (χ1n) is 15.8. The molecule has 4 heteroatoms. The molecule has 1 heterocycles. The van der Waals surface area contributed by atoms with Crippen LogP contribution in [0.4, 0.5) is 0 Å². The molecule has 1 aliphatic heterocycles. The third kappa shape index (κ3) is 5.76. The maximum atomic E-state index is 6.48. The van der Waals surface area contributed by atoms with Crippen molar-refractivity contribution >= 4 is 22.6 Å². The van der Waals surface area contributed by atoms with Gasteiger partial charge in [-0.3, -0.25) is 4.90 Å². The summed E-state index contributed by atoms with van der Waals surface area (Å²) in [6, 6.07) is 33.9. The van der Waals surface area contributed by atoms with E-state index in [1.807, 2.05) is 6.07 Å². The quantitative estimate of drug-likeness (QED) is 0.144. The van der Waals surface area contributed by atoms with Gasteiger partial charge in [0.1, 0.15) is 6.61 Å². The van der Waals surface area contributed by atoms with E-state index in [0.29, 0.717) is 18.6 Å². The summed E-state index contributed by atoms with van der Waals surface area (Å²) in [4.78, 5) is 2.89. The van der Waals surface area contributed by atoms with E-state index >= 15 is 0 Å². The molecule has 4 aromatic rings. The Morgan fingerprint density at radius 3 is 2.23 bits per heavy atom. The number of methoxy groups -OCH3 is 1. The lowest BCUT2D eigenvalue weighted by Gasteiger charge is -2.48. The van der Waals surface area contributed by atoms with Crippen LogP contribution in [-0.4, -0.2) is 24.6 Å². The highest BCUT2D eigenvalue weighted by Crippen LogP contribution is 2.46. The molecule has 1 saturated heterocycles. The molecule has 3 aliphatic rings. The van der Waals surface area contributed by atoms with E-state index in [1.54, 1.807) is 12.7 Å². The maximum absolute atomic E-state index is 6.48. The fraction of sp³-hybridized carbons (Fsp3) is 0.333. The Bertz CT molecular complexity index is 1570. The summed E-state index contributed by atoms with van der Waals surface area (Å²) in [6.07, 6.45) is 10.7. The van der Waals surface area contributed by atoms with Crippen LogP contribution in [0, 0.1) is 9.49 Å². The zero-order chi connectivity index (χ0) is 29.2. The van der Waals surface area contributed by atoms with Gasteiger partial charge in [-0.25, -0.2) is 0 Å². The largest absolute Gasteiger partial charge is 0.493 e. The molecule has 4 aromatic carbocycles. The third-order valence-electron chi connectivity index (χ3n) is 9.86. The van der Waals surface area contributed by atoms with E-state index in [4.69, 9.17) is 9.47 Å². The monoisotopic (exact) mass is 681 g/mol. The van der Waals surface area contributed by atoms with Crippen LogP contribution in [-0.2, 0) is 25.9 Å². The van der Waals surface area contributed by atoms with Crippen molar-refractivity contribution in [3.05, 3.63) is 140 Å². The number of hydrogen-bond donors (Lipinski definition) is 0. The van der Waals surface area contributed by atoms with Crippen molar-refractivity contribution in [2.45, 2.75) is 63.6 Å². The van der Waals surface area contributed by atoms with Gasteiger partial charge in [0.25, 0.3) is 0 Å². The molecule has 7 rings (SSSR count). The number of aryl methyl sites for hydroxylation is 2. The van der Waals surface area contributed by atoms with Gasteiger partial charge in [-0.15, -0.1) is 0 Å². The van der Waals surface area contributed by atoms with E-state index in [1.165, 1.54) is 57.1 Å². The molecule has 2 atom stereocenters. The Hall–Kier alpha value is -3.09. The Kier molecular flexibility index (Phi) is 8.58. The van der Waals surface area contributed by atoms with Crippen molar-refractivity contribution in [3.63, 3.8) is 0 Å². The molecule has 0 radical (unpaired) electrons. The number of halogens is 1. The average molecular weight is 682 g/mol. The van der Waals surface area contributed by atoms with Crippen LogP contribution in [0.3, 0.4) is 0 Å². The Morgan fingerprint density at radius 2 is 1.51 bits per heavy atom. The van der Waals surface area contributed by atoms with Crippen LogP contribution in [0.2, 0.25) is 0 Å². The van der Waals surface area contributed by atoms with E-state index in [0.717, 1.165) is 42.9 Å². The van der Waals surface area contributed by atoms with Gasteiger partial charge < -0.3 is 9.47 Å². The molecule has 220 valence electrons. The summed E-state index contributed by atoms with van der Waals surface area (Å²) in [6.45, 7) is 1.61. The number of rotatable bonds is 7. The smallest absolute Gasteiger partial charge is 0.175 e. The van der Waals surface area contributed by atoms with Gasteiger partial charge in [0.2, 0.25) is 0 Å². The number of piperidine rings is 1. The SMILES string of the molecule is COc1ccc(C[C@@H]2[C@@H]3CCCC=C3CCN2C2c3ccccc3CCc3ccccc32)c(I)c1OCc1ccccc1. The molecular weight excluding hydrogens is 641 g/mol. The van der Waals surface area contributed by atoms with Crippen molar-refractivity contribution in [1.29, 1.82) is 0 Å². The van der Waals surface area contributed by atoms with Crippen LogP contribution in [0.5, 0.6) is 11.5 Å². The van der Waals surface area contributed by atoms with Gasteiger partial charge in [-0.05, 0) is 113 Å². The van der Waals surface area contributed by atoms with Crippen molar-refractivity contribution in [2.75, 3.05) is 13.7 Å². The molecule has 0 saturated carbocycles. The molecular formula is C39H40INO2. The van der Waals surface area contributed by atoms with E-state index in [9.17, 15) is 0 Å². The minimum Gasteiger partial charge on any atom is -0.493 e. The molecule has 2 aliphatic carbocycles. The third-order valence-corrected chi connectivity index (χ3v) is 11.0. The molecule has 0 N–H and O–H groups in total. The second-order valence-corrected chi connectivity index (χ2v) is 13.3. The highest BCUT2D eigenvalue weighted by atomic mass is 127. The molecule has 3 nitrogen and oxygen atoms in total. The molecule has 1 fully saturated rings. The second kappa shape index (κ2) is 12.9. The van der Waals surface area contributed by atoms with E-state index in [-0.39, 0.29) is 6.04 Å². The number of fused-ring (bicyclic) bond motifs is 3. The summed E-state index contributed by atoms with van der Waals surface area (Å²) >= 11 is 2.51. The zero-order valence-corrected chi connectivity index (χ0v) is 27.1. The lowest BCUT2D eigenvalue weighted by Crippen LogP contribution is -2.50. The number of hydrogen-bond acceptors (Lipinski definition) is 3. The standard InChI is InChI=1S/C39H40INO2/c1-42-36-22-21-31(37(40)39(36)43-26-27-11-3-2-4-12-27)25-35-32-16-8-5-15-30(32)23-24-41(35)38-33-17-9-6-13-28(33)19-20-29-14-7-10-18-34(29)38/h2-4,6-7,9-15,17-18,21-22,32,35,38H,5,8,16,19-20,23-26H2,1H3/t32-,35-/m1/s1. The highest BCUT2D eigenvalue weighted by molar-refractivity contribution is 14.1. The van der Waals surface area contributed by atoms with Gasteiger partial charge in [0.05, 0.1) is 16.7 Å². The van der Waals surface area contributed by atoms with Crippen molar-refractivity contribution < 1.29 is 9.47 Å². The number of nitrogens with zero attached hydrogens (tertiary/aromatic N) is 1. The minimum absolute atomic E-state index is 0.271. The molecule has 0 unspecified atom stereocenters. The number of ether oxygens (including phenoxy) is 2. The number of likely N-dealkylation sites (tertiary alicyclic amines) is 1. The molecule has 0 aromatic heterocycles. The predicted octanol–water partition coefficient (Wildman–Crippen LogP) is 9.11. The normalized spacial score (nSPS) is 20.3. The number of allylic oxidation sites excluding steroid dienone is 1. The van der Waals surface area contributed by atoms with Gasteiger partial charge >= 0.3 is 0 Å². The lowest BCUT2D eigenvalue weighted by molar-refractivity contribution is 0.0863. The Morgan fingerprint density at radius 1 is 0.814 bits per heavy atom. The highest BCUT2D eigenvalue weighted by Gasteiger charge is 2.41. The van der Waals surface area contributed by atoms with Gasteiger partial charge in [-0.1, -0.05) is 96.6 Å². The van der Waals surface area contributed by atoms with Crippen molar-refractivity contribution in [2.24, 2.45) is 5.92 Å². The van der Waals surface area contributed by atoms with Crippen LogP contribution in [0.15, 0.2) is 103 Å². The summed E-state index contributed by atoms with van der Waals surface area (Å²) in [5.41, 5.74) is 10.2. The van der Waals surface area contributed by atoms with Crippen molar-refractivity contribution in [3.8, 4) is 11.5 Å². The van der Waals surface area contributed by atoms with Gasteiger partial charge in [0.15, 0.2) is 11.5 Å². The first-order valence-corrected chi connectivity index (χ1v) is 16.9. The maximum Gasteiger partial charge on any atom is 0.175 e. The fourth-order valence-electron chi connectivity index (χ4n) is 7.76. The molecule has 0 bridgehead atoms. The van der Waals surface area contributed by atoms with Crippen molar-refractivity contribution in [1.82, 2.24) is 4.90 Å². The Balaban J connectivity index is 1.29. The fourth-order valence-corrected chi connectivity index (χ4v) is 8.58. The molecule has 0 amide bonds. The summed E-state index contributed by atoms with van der Waals surface area (Å²) in [5, 5.41) is 0. The summed E-state index contributed by atoms with van der Waals surface area (Å²) in [7, 11) is 1.74. The van der Waals surface area contributed by atoms with E-state index in [2.05, 4.69) is 118 Å². The topological polar surface area (TPSA) is 21.7 Å². The lowest BCUT2D eigenvalue weighted by atomic mass is 9.74. The summed E-state index contributed by atoms with van der Waals surface area (Å²) in [5.74, 6) is 2.24. The van der Waals surface area contributed by atoms with Crippen LogP contribution in [0.25, 0.3) is 0 Å². The molecule has 0 spiro atoms. The average Bonchev–Trinajstić information content (AvgIpc) is 3.22. The minimum atomic E-state index is 0.271. The molecule has 43 heavy (non-hydrogen) atoms. The number of benzene rings is 4. The first kappa shape index (κ1) is 28.7. The van der Waals surface area contributed by atoms with Gasteiger partial charge in [0, 0.05) is 12.6 Å². The second-order valence-electron chi connectivity index (χ2n) is 12.2. The predicted molar refractivity (Wildman–Crippen MR) is 183 cm³/mol. The summed E-state index contributed by atoms with van der Waals surface area (Å²) < 4.78 is 13.4. The van der Waals surface area contributed by atoms with Gasteiger partial charge in [-0.2, -0.15) is 0 Å². The Labute approximate surface area is 270 Å². The van der Waals surface area contributed by atoms with Crippen LogP contribution < -0.4 is 9.47 Å². The first-order chi connectivity index (χ1) is 21.2. The van der Waals surface area contributed by atoms with Crippen LogP contribution in [0.1, 0.15) is 65.1 Å². The zero-order valence-electron chi connectivity index (χ0n) is 25.0. The van der Waals surface area contributed by atoms with Crippen LogP contribution >= 0.6 is 22.6 Å².